The summed E-state index contributed by atoms with van der Waals surface area (Å²) in [6.07, 6.45) is 3.34. The summed E-state index contributed by atoms with van der Waals surface area (Å²) < 4.78 is 0. The van der Waals surface area contributed by atoms with Crippen molar-refractivity contribution in [1.82, 2.24) is 20.9 Å². The van der Waals surface area contributed by atoms with Crippen LogP contribution in [0.15, 0.2) is 35.5 Å². The van der Waals surface area contributed by atoms with Gasteiger partial charge in [0.15, 0.2) is 5.96 Å². The molecule has 2 aromatic rings. The second kappa shape index (κ2) is 16.8. The Hall–Kier alpha value is -4.21. The van der Waals surface area contributed by atoms with Gasteiger partial charge in [-0.05, 0) is 50.3 Å². The van der Waals surface area contributed by atoms with Gasteiger partial charge in [0, 0.05) is 30.1 Å². The molecule has 1 aromatic heterocycles. The molecule has 3 amide bonds. The van der Waals surface area contributed by atoms with Crippen molar-refractivity contribution in [3.63, 3.8) is 0 Å². The summed E-state index contributed by atoms with van der Waals surface area (Å²) in [5.41, 5.74) is 23.4. The van der Waals surface area contributed by atoms with Gasteiger partial charge in [-0.2, -0.15) is 0 Å². The minimum Gasteiger partial charge on any atom is -0.480 e. The number of nitrogens with one attached hydrogen (secondary N) is 4. The second-order valence-electron chi connectivity index (χ2n) is 9.61. The number of H-pyrrole nitrogens is 1. The lowest BCUT2D eigenvalue weighted by atomic mass is 10.0. The number of aliphatic imine (C=N–C) groups is 1. The molecule has 41 heavy (non-hydrogen) atoms. The molecule has 1 aromatic carbocycles. The number of aliphatic hydroxyl groups excluding tert-OH is 1. The highest BCUT2D eigenvalue weighted by atomic mass is 16.4. The summed E-state index contributed by atoms with van der Waals surface area (Å²) >= 11 is 0. The van der Waals surface area contributed by atoms with Crippen LogP contribution < -0.4 is 38.9 Å². The molecule has 0 bridgehead atoms. The first kappa shape index (κ1) is 33.0. The summed E-state index contributed by atoms with van der Waals surface area (Å²) in [6, 6.07) is 2.60. The zero-order valence-electron chi connectivity index (χ0n) is 22.8. The standard InChI is InChI=1S/C26H41N9O6/c27-10-4-3-8-20(25(40)41)34-23(38)19(9-5-11-31-26(29)30)33-24(39)21(35-22(37)17(28)14-36)12-15-13-32-18-7-2-1-6-16(15)18/h1-2,6-7,13,17,19-21,32,36H,3-5,8-12,14,27-28H2,(H,33,39)(H,34,38)(H,35,37)(H,40,41)(H4,29,30,31). The van der Waals surface area contributed by atoms with Crippen LogP contribution in [0.2, 0.25) is 0 Å². The molecule has 0 saturated carbocycles. The average Bonchev–Trinajstić information content (AvgIpc) is 3.35. The molecular weight excluding hydrogens is 534 g/mol. The molecule has 0 aliphatic carbocycles. The van der Waals surface area contributed by atoms with E-state index in [4.69, 9.17) is 22.9 Å². The summed E-state index contributed by atoms with van der Waals surface area (Å²) in [6.45, 7) is -0.0846. The van der Waals surface area contributed by atoms with E-state index in [-0.39, 0.29) is 38.2 Å². The zero-order valence-corrected chi connectivity index (χ0v) is 22.8. The number of para-hydroxylation sites is 1. The van der Waals surface area contributed by atoms with Gasteiger partial charge in [0.1, 0.15) is 24.2 Å². The van der Waals surface area contributed by atoms with Gasteiger partial charge in [-0.1, -0.05) is 18.2 Å². The number of aliphatic hydroxyl groups is 1. The number of aliphatic carboxylic acids is 1. The second-order valence-corrected chi connectivity index (χ2v) is 9.61. The number of guanidine groups is 1. The fourth-order valence-electron chi connectivity index (χ4n) is 4.16. The Balaban J connectivity index is 2.28. The van der Waals surface area contributed by atoms with Gasteiger partial charge >= 0.3 is 5.97 Å². The molecule has 15 nitrogen and oxygen atoms in total. The highest BCUT2D eigenvalue weighted by molar-refractivity contribution is 5.95. The van der Waals surface area contributed by atoms with Crippen molar-refractivity contribution in [1.29, 1.82) is 0 Å². The van der Waals surface area contributed by atoms with Crippen molar-refractivity contribution < 1.29 is 29.4 Å². The molecule has 0 aliphatic heterocycles. The van der Waals surface area contributed by atoms with Crippen molar-refractivity contribution in [3.8, 4) is 0 Å². The number of rotatable bonds is 18. The van der Waals surface area contributed by atoms with Crippen molar-refractivity contribution in [2.75, 3.05) is 19.7 Å². The average molecular weight is 576 g/mol. The third-order valence-corrected chi connectivity index (χ3v) is 6.41. The van der Waals surface area contributed by atoms with E-state index in [0.29, 0.717) is 19.4 Å². The lowest BCUT2D eigenvalue weighted by Gasteiger charge is -2.25. The Morgan fingerprint density at radius 2 is 1.54 bits per heavy atom. The Morgan fingerprint density at radius 3 is 2.20 bits per heavy atom. The number of hydrogen-bond donors (Lipinski definition) is 10. The van der Waals surface area contributed by atoms with E-state index in [9.17, 15) is 29.4 Å². The lowest BCUT2D eigenvalue weighted by molar-refractivity contribution is -0.142. The first-order chi connectivity index (χ1) is 19.6. The van der Waals surface area contributed by atoms with E-state index in [1.807, 2.05) is 24.3 Å². The van der Waals surface area contributed by atoms with Gasteiger partial charge in [0.25, 0.3) is 0 Å². The normalized spacial score (nSPS) is 13.9. The van der Waals surface area contributed by atoms with Crippen LogP contribution in [0.4, 0.5) is 0 Å². The molecule has 0 fully saturated rings. The minimum atomic E-state index is -1.27. The molecule has 0 saturated heterocycles. The molecule has 14 N–H and O–H groups in total. The fraction of sp³-hybridized carbons (Fsp3) is 0.500. The first-order valence-corrected chi connectivity index (χ1v) is 13.4. The minimum absolute atomic E-state index is 0.0406. The first-order valence-electron chi connectivity index (χ1n) is 13.4. The molecule has 0 spiro atoms. The Morgan fingerprint density at radius 1 is 0.902 bits per heavy atom. The quantitative estimate of drug-likeness (QED) is 0.0518. The molecule has 15 heteroatoms. The number of amides is 3. The van der Waals surface area contributed by atoms with Crippen LogP contribution in [-0.2, 0) is 25.6 Å². The van der Waals surface area contributed by atoms with Crippen LogP contribution in [0.5, 0.6) is 0 Å². The van der Waals surface area contributed by atoms with Crippen LogP contribution in [0, 0.1) is 0 Å². The van der Waals surface area contributed by atoms with Crippen molar-refractivity contribution in [2.24, 2.45) is 27.9 Å². The number of carbonyl (C=O) groups excluding carboxylic acids is 3. The van der Waals surface area contributed by atoms with E-state index in [0.717, 1.165) is 16.5 Å². The monoisotopic (exact) mass is 575 g/mol. The van der Waals surface area contributed by atoms with E-state index in [1.165, 1.54) is 0 Å². The summed E-state index contributed by atoms with van der Waals surface area (Å²) in [4.78, 5) is 58.0. The van der Waals surface area contributed by atoms with E-state index < -0.39 is 54.5 Å². The number of unbranched alkanes of at least 4 members (excludes halogenated alkanes) is 1. The van der Waals surface area contributed by atoms with Gasteiger partial charge in [-0.15, -0.1) is 0 Å². The number of carboxylic acid groups (broad SMARTS) is 1. The zero-order chi connectivity index (χ0) is 30.4. The molecule has 2 rings (SSSR count). The predicted molar refractivity (Wildman–Crippen MR) is 153 cm³/mol. The molecule has 226 valence electrons. The number of benzene rings is 1. The van der Waals surface area contributed by atoms with Gasteiger partial charge < -0.3 is 54.1 Å². The lowest BCUT2D eigenvalue weighted by Crippen LogP contribution is -2.58. The predicted octanol–water partition coefficient (Wildman–Crippen LogP) is -2.25. The third kappa shape index (κ3) is 10.7. The van der Waals surface area contributed by atoms with E-state index >= 15 is 0 Å². The van der Waals surface area contributed by atoms with Crippen LogP contribution in [0.3, 0.4) is 0 Å². The number of fused-ring (bicyclic) bond motifs is 1. The van der Waals surface area contributed by atoms with Crippen LogP contribution in [-0.4, -0.2) is 88.7 Å². The number of aromatic nitrogens is 1. The highest BCUT2D eigenvalue weighted by Gasteiger charge is 2.30. The van der Waals surface area contributed by atoms with E-state index in [1.54, 1.807) is 6.20 Å². The number of nitrogens with zero attached hydrogens (tertiary/aromatic N) is 1. The molecular formula is C26H41N9O6. The van der Waals surface area contributed by atoms with Gasteiger partial charge in [-0.3, -0.25) is 19.4 Å². The number of nitrogens with two attached hydrogens (primary N) is 4. The molecule has 4 atom stereocenters. The van der Waals surface area contributed by atoms with Crippen LogP contribution >= 0.6 is 0 Å². The third-order valence-electron chi connectivity index (χ3n) is 6.41. The summed E-state index contributed by atoms with van der Waals surface area (Å²) in [5, 5.41) is 27.4. The van der Waals surface area contributed by atoms with Crippen LogP contribution in [0.1, 0.15) is 37.7 Å². The van der Waals surface area contributed by atoms with Crippen molar-refractivity contribution >= 4 is 40.6 Å². The summed E-state index contributed by atoms with van der Waals surface area (Å²) in [7, 11) is 0. The maximum absolute atomic E-state index is 13.5. The summed E-state index contributed by atoms with van der Waals surface area (Å²) in [5.74, 6) is -3.53. The number of aromatic amines is 1. The van der Waals surface area contributed by atoms with Crippen LogP contribution in [0.25, 0.3) is 10.9 Å². The van der Waals surface area contributed by atoms with Gasteiger partial charge in [-0.25, -0.2) is 4.79 Å². The Kier molecular flexibility index (Phi) is 13.5. The number of carbonyl (C=O) groups is 4. The van der Waals surface area contributed by atoms with E-state index in [2.05, 4.69) is 25.9 Å². The topological polar surface area (TPSA) is 277 Å². The van der Waals surface area contributed by atoms with Crippen molar-refractivity contribution in [3.05, 3.63) is 36.0 Å². The molecule has 1 heterocycles. The number of carboxylic acids is 1. The largest absolute Gasteiger partial charge is 0.480 e. The molecule has 0 aliphatic rings. The van der Waals surface area contributed by atoms with Gasteiger partial charge in [0.2, 0.25) is 17.7 Å². The Bertz CT molecular complexity index is 1200. The maximum atomic E-state index is 13.5. The SMILES string of the molecule is NCCCCC(NC(=O)C(CCCN=C(N)N)NC(=O)C(Cc1c[nH]c2ccccc12)NC(=O)C(N)CO)C(=O)O. The smallest absolute Gasteiger partial charge is 0.326 e. The van der Waals surface area contributed by atoms with Crippen molar-refractivity contribution in [2.45, 2.75) is 62.7 Å². The number of hydrogen-bond acceptors (Lipinski definition) is 8. The fourth-order valence-corrected chi connectivity index (χ4v) is 4.16. The van der Waals surface area contributed by atoms with Gasteiger partial charge in [0.05, 0.1) is 6.61 Å². The molecule has 4 unspecified atom stereocenters. The highest BCUT2D eigenvalue weighted by Crippen LogP contribution is 2.19. The Labute approximate surface area is 237 Å². The maximum Gasteiger partial charge on any atom is 0.326 e. The molecule has 0 radical (unpaired) electrons.